The van der Waals surface area contributed by atoms with Gasteiger partial charge in [-0.05, 0) is 43.1 Å². The van der Waals surface area contributed by atoms with Crippen molar-refractivity contribution in [3.8, 4) is 5.69 Å². The van der Waals surface area contributed by atoms with Gasteiger partial charge in [0.05, 0.1) is 10.7 Å². The van der Waals surface area contributed by atoms with Crippen LogP contribution in [0, 0.1) is 0 Å². The second-order valence-corrected chi connectivity index (χ2v) is 4.72. The third-order valence-electron chi connectivity index (χ3n) is 3.19. The highest BCUT2D eigenvalue weighted by molar-refractivity contribution is 6.32. The third-order valence-corrected chi connectivity index (χ3v) is 3.49. The van der Waals surface area contributed by atoms with Crippen LogP contribution in [0.2, 0.25) is 5.02 Å². The van der Waals surface area contributed by atoms with Crippen LogP contribution in [0.25, 0.3) is 5.69 Å². The van der Waals surface area contributed by atoms with Gasteiger partial charge < -0.3 is 5.32 Å². The zero-order valence-corrected chi connectivity index (χ0v) is 10.2. The Hall–Kier alpha value is -1.32. The van der Waals surface area contributed by atoms with E-state index in [4.69, 9.17) is 11.6 Å². The summed E-state index contributed by atoms with van der Waals surface area (Å²) in [5, 5.41) is 8.41. The summed E-state index contributed by atoms with van der Waals surface area (Å²) >= 11 is 6.31. The Labute approximate surface area is 105 Å². The van der Waals surface area contributed by atoms with Gasteiger partial charge in [0.25, 0.3) is 0 Å². The Morgan fingerprint density at radius 1 is 1.41 bits per heavy atom. The lowest BCUT2D eigenvalue weighted by Crippen LogP contribution is -2.12. The topological polar surface area (TPSA) is 29.9 Å². The minimum absolute atomic E-state index is 0.458. The number of benzene rings is 1. The smallest absolute Gasteiger partial charge is 0.0831 e. The molecule has 0 radical (unpaired) electrons. The first-order valence-corrected chi connectivity index (χ1v) is 6.25. The SMILES string of the molecule is Clc1cc(C2CCCN2)ccc1-n1cccn1. The molecule has 0 amide bonds. The molecule has 17 heavy (non-hydrogen) atoms. The van der Waals surface area contributed by atoms with Crippen molar-refractivity contribution in [3.63, 3.8) is 0 Å². The Morgan fingerprint density at radius 3 is 3.00 bits per heavy atom. The summed E-state index contributed by atoms with van der Waals surface area (Å²) < 4.78 is 1.79. The number of nitrogens with one attached hydrogen (secondary N) is 1. The van der Waals surface area contributed by atoms with Crippen LogP contribution in [0.4, 0.5) is 0 Å². The fraction of sp³-hybridized carbons (Fsp3) is 0.308. The van der Waals surface area contributed by atoms with Gasteiger partial charge in [0.15, 0.2) is 0 Å². The molecule has 88 valence electrons. The van der Waals surface area contributed by atoms with Gasteiger partial charge in [0.2, 0.25) is 0 Å². The van der Waals surface area contributed by atoms with Crippen molar-refractivity contribution in [1.29, 1.82) is 0 Å². The minimum Gasteiger partial charge on any atom is -0.310 e. The first kappa shape index (κ1) is 10.8. The lowest BCUT2D eigenvalue weighted by molar-refractivity contribution is 0.647. The van der Waals surface area contributed by atoms with Gasteiger partial charge in [-0.15, -0.1) is 0 Å². The van der Waals surface area contributed by atoms with E-state index >= 15 is 0 Å². The van der Waals surface area contributed by atoms with E-state index in [9.17, 15) is 0 Å². The monoisotopic (exact) mass is 247 g/mol. The summed E-state index contributed by atoms with van der Waals surface area (Å²) in [5.74, 6) is 0. The molecule has 0 aliphatic carbocycles. The van der Waals surface area contributed by atoms with E-state index in [0.29, 0.717) is 6.04 Å². The number of hydrogen-bond donors (Lipinski definition) is 1. The lowest BCUT2D eigenvalue weighted by Gasteiger charge is -2.12. The van der Waals surface area contributed by atoms with Crippen LogP contribution in [-0.4, -0.2) is 16.3 Å². The molecular formula is C13H14ClN3. The van der Waals surface area contributed by atoms with Crippen molar-refractivity contribution in [2.75, 3.05) is 6.54 Å². The largest absolute Gasteiger partial charge is 0.310 e. The number of hydrogen-bond acceptors (Lipinski definition) is 2. The summed E-state index contributed by atoms with van der Waals surface area (Å²) in [4.78, 5) is 0. The van der Waals surface area contributed by atoms with Crippen LogP contribution in [0.15, 0.2) is 36.7 Å². The molecule has 1 aromatic heterocycles. The predicted molar refractivity (Wildman–Crippen MR) is 68.6 cm³/mol. The first-order chi connectivity index (χ1) is 8.34. The summed E-state index contributed by atoms with van der Waals surface area (Å²) in [7, 11) is 0. The van der Waals surface area contributed by atoms with Gasteiger partial charge in [-0.2, -0.15) is 5.10 Å². The lowest BCUT2D eigenvalue weighted by atomic mass is 10.1. The Morgan fingerprint density at radius 2 is 2.35 bits per heavy atom. The maximum Gasteiger partial charge on any atom is 0.0831 e. The van der Waals surface area contributed by atoms with Crippen LogP contribution < -0.4 is 5.32 Å². The molecule has 0 bridgehead atoms. The van der Waals surface area contributed by atoms with Crippen LogP contribution in [0.3, 0.4) is 0 Å². The van der Waals surface area contributed by atoms with Crippen LogP contribution in [0.5, 0.6) is 0 Å². The zero-order valence-electron chi connectivity index (χ0n) is 9.44. The Bertz CT molecular complexity index is 501. The summed E-state index contributed by atoms with van der Waals surface area (Å²) in [6.45, 7) is 1.10. The third kappa shape index (κ3) is 2.08. The zero-order chi connectivity index (χ0) is 11.7. The maximum absolute atomic E-state index is 6.31. The quantitative estimate of drug-likeness (QED) is 0.884. The van der Waals surface area contributed by atoms with Gasteiger partial charge in [-0.1, -0.05) is 17.7 Å². The molecule has 2 aromatic rings. The second-order valence-electron chi connectivity index (χ2n) is 4.31. The maximum atomic E-state index is 6.31. The van der Waals surface area contributed by atoms with Gasteiger partial charge in [0.1, 0.15) is 0 Å². The number of aromatic nitrogens is 2. The average Bonchev–Trinajstić information content (AvgIpc) is 3.02. The van der Waals surface area contributed by atoms with Crippen LogP contribution in [0.1, 0.15) is 24.4 Å². The normalized spacial score (nSPS) is 19.7. The van der Waals surface area contributed by atoms with E-state index in [-0.39, 0.29) is 0 Å². The molecule has 0 spiro atoms. The Kier molecular flexibility index (Phi) is 2.87. The summed E-state index contributed by atoms with van der Waals surface area (Å²) in [6.07, 6.45) is 6.08. The van der Waals surface area contributed by atoms with Gasteiger partial charge in [0, 0.05) is 18.4 Å². The van der Waals surface area contributed by atoms with Crippen molar-refractivity contribution in [2.45, 2.75) is 18.9 Å². The molecule has 0 saturated carbocycles. The average molecular weight is 248 g/mol. The first-order valence-electron chi connectivity index (χ1n) is 5.87. The molecule has 1 aromatic carbocycles. The van der Waals surface area contributed by atoms with E-state index in [1.165, 1.54) is 18.4 Å². The van der Waals surface area contributed by atoms with Gasteiger partial charge in [-0.3, -0.25) is 0 Å². The van der Waals surface area contributed by atoms with Crippen molar-refractivity contribution in [2.24, 2.45) is 0 Å². The molecule has 1 N–H and O–H groups in total. The van der Waals surface area contributed by atoms with E-state index in [2.05, 4.69) is 16.5 Å². The summed E-state index contributed by atoms with van der Waals surface area (Å²) in [5.41, 5.74) is 2.20. The van der Waals surface area contributed by atoms with E-state index in [1.807, 2.05) is 24.4 Å². The molecule has 1 aliphatic rings. The fourth-order valence-electron chi connectivity index (χ4n) is 2.31. The molecule has 1 fully saturated rings. The summed E-state index contributed by atoms with van der Waals surface area (Å²) in [6, 6.07) is 8.56. The molecule has 1 unspecified atom stereocenters. The fourth-order valence-corrected chi connectivity index (χ4v) is 2.58. The van der Waals surface area contributed by atoms with E-state index in [1.54, 1.807) is 10.9 Å². The highest BCUT2D eigenvalue weighted by Gasteiger charge is 2.17. The standard InChI is InChI=1S/C13H14ClN3/c14-11-9-10(12-3-1-6-15-12)4-5-13(11)17-8-2-7-16-17/h2,4-5,7-9,12,15H,1,3,6H2. The molecule has 3 nitrogen and oxygen atoms in total. The second kappa shape index (κ2) is 4.51. The molecular weight excluding hydrogens is 234 g/mol. The van der Waals surface area contributed by atoms with Crippen molar-refractivity contribution in [1.82, 2.24) is 15.1 Å². The number of halogens is 1. The van der Waals surface area contributed by atoms with E-state index < -0.39 is 0 Å². The number of rotatable bonds is 2. The van der Waals surface area contributed by atoms with Crippen molar-refractivity contribution < 1.29 is 0 Å². The molecule has 2 heterocycles. The van der Waals surface area contributed by atoms with Crippen molar-refractivity contribution >= 4 is 11.6 Å². The van der Waals surface area contributed by atoms with Crippen LogP contribution >= 0.6 is 11.6 Å². The van der Waals surface area contributed by atoms with Crippen LogP contribution in [-0.2, 0) is 0 Å². The predicted octanol–water partition coefficient (Wildman–Crippen LogP) is 2.95. The minimum atomic E-state index is 0.458. The number of nitrogens with zero attached hydrogens (tertiary/aromatic N) is 2. The van der Waals surface area contributed by atoms with E-state index in [0.717, 1.165) is 17.3 Å². The molecule has 1 aliphatic heterocycles. The molecule has 4 heteroatoms. The van der Waals surface area contributed by atoms with Gasteiger partial charge in [-0.25, -0.2) is 4.68 Å². The van der Waals surface area contributed by atoms with Gasteiger partial charge >= 0.3 is 0 Å². The molecule has 1 saturated heterocycles. The molecule has 3 rings (SSSR count). The van der Waals surface area contributed by atoms with Crippen molar-refractivity contribution in [3.05, 3.63) is 47.2 Å². The molecule has 1 atom stereocenters. The highest BCUT2D eigenvalue weighted by atomic mass is 35.5. The highest BCUT2D eigenvalue weighted by Crippen LogP contribution is 2.28. The Balaban J connectivity index is 1.94.